The van der Waals surface area contributed by atoms with Crippen LogP contribution >= 0.6 is 0 Å². The maximum Gasteiger partial charge on any atom is 0.120 e. The number of benzene rings is 3. The Kier molecular flexibility index (Phi) is 8.10. The fourth-order valence-electron chi connectivity index (χ4n) is 3.97. The van der Waals surface area contributed by atoms with Crippen LogP contribution in [0.2, 0.25) is 0 Å². The maximum absolute atomic E-state index is 6.00. The first-order valence-electron chi connectivity index (χ1n) is 11.8. The van der Waals surface area contributed by atoms with Crippen molar-refractivity contribution in [1.29, 1.82) is 0 Å². The Morgan fingerprint density at radius 3 is 2.31 bits per heavy atom. The minimum absolute atomic E-state index is 0. The molecule has 0 bridgehead atoms. The van der Waals surface area contributed by atoms with E-state index in [4.69, 9.17) is 4.42 Å². The quantitative estimate of drug-likeness (QED) is 0.181. The first kappa shape index (κ1) is 25.5. The van der Waals surface area contributed by atoms with Gasteiger partial charge in [0, 0.05) is 37.9 Å². The summed E-state index contributed by atoms with van der Waals surface area (Å²) in [5.74, 6) is 0.555. The van der Waals surface area contributed by atoms with Crippen LogP contribution in [0, 0.1) is 19.1 Å². The van der Waals surface area contributed by atoms with Gasteiger partial charge in [-0.05, 0) is 36.0 Å². The normalized spacial score (nSPS) is 10.7. The summed E-state index contributed by atoms with van der Waals surface area (Å²) in [7, 11) is 0. The Balaban J connectivity index is 0.000000172. The summed E-state index contributed by atoms with van der Waals surface area (Å²) >= 11 is 0. The topological polar surface area (TPSA) is 38.9 Å². The predicted octanol–water partition coefficient (Wildman–Crippen LogP) is 8.43. The van der Waals surface area contributed by atoms with E-state index >= 15 is 0 Å². The number of hydrogen-bond acceptors (Lipinski definition) is 3. The van der Waals surface area contributed by atoms with Gasteiger partial charge in [-0.1, -0.05) is 73.2 Å². The Labute approximate surface area is 225 Å². The predicted molar refractivity (Wildman–Crippen MR) is 143 cm³/mol. The van der Waals surface area contributed by atoms with Crippen LogP contribution < -0.4 is 0 Å². The number of hydrogen-bond donors (Lipinski definition) is 0. The van der Waals surface area contributed by atoms with E-state index in [2.05, 4.69) is 66.3 Å². The Morgan fingerprint density at radius 1 is 0.778 bits per heavy atom. The van der Waals surface area contributed by atoms with Crippen LogP contribution in [0.5, 0.6) is 0 Å². The molecule has 1 radical (unpaired) electrons. The third kappa shape index (κ3) is 5.46. The molecule has 0 unspecified atom stereocenters. The van der Waals surface area contributed by atoms with E-state index in [9.17, 15) is 0 Å². The number of pyridine rings is 2. The second-order valence-corrected chi connectivity index (χ2v) is 8.82. The molecule has 3 nitrogen and oxygen atoms in total. The van der Waals surface area contributed by atoms with Crippen molar-refractivity contribution in [1.82, 2.24) is 9.97 Å². The minimum Gasteiger partial charge on any atom is -0.501 e. The average molecular weight is 647 g/mol. The van der Waals surface area contributed by atoms with E-state index in [1.807, 2.05) is 67.7 Å². The molecule has 0 amide bonds. The fraction of sp³-hybridized carbons (Fsp3) is 0.125. The van der Waals surface area contributed by atoms with Gasteiger partial charge >= 0.3 is 0 Å². The van der Waals surface area contributed by atoms with Crippen molar-refractivity contribution < 1.29 is 24.5 Å². The van der Waals surface area contributed by atoms with Crippen LogP contribution in [0.1, 0.15) is 30.9 Å². The van der Waals surface area contributed by atoms with Crippen LogP contribution in [0.3, 0.4) is 0 Å². The summed E-state index contributed by atoms with van der Waals surface area (Å²) in [6, 6.07) is 34.8. The Morgan fingerprint density at radius 2 is 1.61 bits per heavy atom. The summed E-state index contributed by atoms with van der Waals surface area (Å²) in [4.78, 5) is 8.77. The number of rotatable bonds is 3. The van der Waals surface area contributed by atoms with Crippen LogP contribution in [0.4, 0.5) is 0 Å². The van der Waals surface area contributed by atoms with E-state index in [1.54, 1.807) is 6.20 Å². The molecule has 0 saturated carbocycles. The molecule has 0 fully saturated rings. The number of fused-ring (bicyclic) bond motifs is 3. The molecule has 3 aromatic carbocycles. The zero-order chi connectivity index (χ0) is 24.2. The van der Waals surface area contributed by atoms with Crippen LogP contribution in [0.25, 0.3) is 44.5 Å². The van der Waals surface area contributed by atoms with Gasteiger partial charge in [-0.3, -0.25) is 0 Å². The third-order valence-electron chi connectivity index (χ3n) is 5.95. The molecule has 0 atom stereocenters. The van der Waals surface area contributed by atoms with Gasteiger partial charge in [-0.2, -0.15) is 0 Å². The second-order valence-electron chi connectivity index (χ2n) is 8.82. The molecule has 0 saturated heterocycles. The summed E-state index contributed by atoms with van der Waals surface area (Å²) in [5, 5.41) is 2.24. The molecule has 181 valence electrons. The maximum atomic E-state index is 6.00. The molecule has 6 aromatic rings. The SMILES string of the molecule is CC(C)c1c[c-]c(-c2ccccn2)cc1.Cc1ccc(-c2[c-]ccc3c2oc2ccccc23)nc1.[Ir]. The molecule has 3 aromatic heterocycles. The van der Waals surface area contributed by atoms with Crippen molar-refractivity contribution in [2.75, 3.05) is 0 Å². The van der Waals surface area contributed by atoms with Gasteiger partial charge in [0.2, 0.25) is 0 Å². The fourth-order valence-corrected chi connectivity index (χ4v) is 3.97. The van der Waals surface area contributed by atoms with Gasteiger partial charge in [0.1, 0.15) is 5.58 Å². The zero-order valence-corrected chi connectivity index (χ0v) is 22.8. The average Bonchev–Trinajstić information content (AvgIpc) is 3.29. The first-order valence-corrected chi connectivity index (χ1v) is 11.8. The van der Waals surface area contributed by atoms with Gasteiger partial charge in [-0.15, -0.1) is 53.6 Å². The Hall–Kier alpha value is -3.59. The van der Waals surface area contributed by atoms with Crippen LogP contribution in [-0.4, -0.2) is 9.97 Å². The molecule has 36 heavy (non-hydrogen) atoms. The molecule has 0 spiro atoms. The number of aryl methyl sites for hydroxylation is 1. The number of aromatic nitrogens is 2. The molecule has 3 heterocycles. The van der Waals surface area contributed by atoms with Gasteiger partial charge in [-0.25, -0.2) is 0 Å². The molecule has 0 aliphatic heterocycles. The molecule has 6 rings (SSSR count). The van der Waals surface area contributed by atoms with E-state index < -0.39 is 0 Å². The summed E-state index contributed by atoms with van der Waals surface area (Å²) < 4.78 is 6.00. The minimum atomic E-state index is 0. The van der Waals surface area contributed by atoms with Crippen molar-refractivity contribution >= 4 is 21.9 Å². The van der Waals surface area contributed by atoms with Gasteiger partial charge < -0.3 is 14.4 Å². The van der Waals surface area contributed by atoms with Crippen LogP contribution in [0.15, 0.2) is 102 Å². The standard InChI is InChI=1S/C18H12NO.C14H14N.Ir/c1-12-9-10-16(19-11-12)15-7-4-6-14-13-5-2-3-8-17(13)20-18(14)15;1-11(2)12-6-8-13(9-7-12)14-5-3-4-10-15-14;/h2-6,8-11H,1H3;3-8,10-11H,1-2H3;/q2*-1;. The van der Waals surface area contributed by atoms with Crippen LogP contribution in [-0.2, 0) is 20.1 Å². The molecular weight excluding hydrogens is 621 g/mol. The molecule has 0 aliphatic carbocycles. The third-order valence-corrected chi connectivity index (χ3v) is 5.95. The Bertz CT molecular complexity index is 1550. The summed E-state index contributed by atoms with van der Waals surface area (Å²) in [5.41, 5.74) is 8.05. The van der Waals surface area contributed by atoms with E-state index in [1.165, 1.54) is 5.56 Å². The van der Waals surface area contributed by atoms with Gasteiger partial charge in [0.15, 0.2) is 0 Å². The van der Waals surface area contributed by atoms with E-state index in [-0.39, 0.29) is 20.1 Å². The van der Waals surface area contributed by atoms with E-state index in [0.29, 0.717) is 5.92 Å². The second kappa shape index (κ2) is 11.4. The van der Waals surface area contributed by atoms with Crippen molar-refractivity contribution in [2.24, 2.45) is 0 Å². The molecule has 0 N–H and O–H groups in total. The number of para-hydroxylation sites is 1. The smallest absolute Gasteiger partial charge is 0.120 e. The molecular formula is C32H26IrN2O-2. The number of nitrogens with zero attached hydrogens (tertiary/aromatic N) is 2. The van der Waals surface area contributed by atoms with Gasteiger partial charge in [0.05, 0.1) is 5.58 Å². The van der Waals surface area contributed by atoms with Gasteiger partial charge in [0.25, 0.3) is 0 Å². The summed E-state index contributed by atoms with van der Waals surface area (Å²) in [6.45, 7) is 6.40. The number of furan rings is 1. The van der Waals surface area contributed by atoms with Crippen molar-refractivity contribution in [2.45, 2.75) is 26.7 Å². The van der Waals surface area contributed by atoms with Crippen molar-refractivity contribution in [3.05, 3.63) is 121 Å². The largest absolute Gasteiger partial charge is 0.501 e. The molecule has 4 heteroatoms. The van der Waals surface area contributed by atoms with Crippen molar-refractivity contribution in [3.63, 3.8) is 0 Å². The monoisotopic (exact) mass is 647 g/mol. The zero-order valence-electron chi connectivity index (χ0n) is 20.5. The van der Waals surface area contributed by atoms with Crippen molar-refractivity contribution in [3.8, 4) is 22.5 Å². The molecule has 0 aliphatic rings. The summed E-state index contributed by atoms with van der Waals surface area (Å²) in [6.07, 6.45) is 3.67. The van der Waals surface area contributed by atoms with E-state index in [0.717, 1.165) is 50.0 Å². The first-order chi connectivity index (χ1) is 17.1.